The van der Waals surface area contributed by atoms with Crippen LogP contribution in [0.25, 0.3) is 16.9 Å². The molecule has 0 amide bonds. The quantitative estimate of drug-likeness (QED) is 0.782. The maximum Gasteiger partial charge on any atom is 0.204 e. The molecule has 0 unspecified atom stereocenters. The van der Waals surface area contributed by atoms with E-state index in [1.807, 2.05) is 34.9 Å². The number of hydrogen-bond acceptors (Lipinski definition) is 5. The summed E-state index contributed by atoms with van der Waals surface area (Å²) in [4.78, 5) is 6.88. The van der Waals surface area contributed by atoms with Crippen molar-refractivity contribution in [3.05, 3.63) is 41.8 Å². The molecule has 0 saturated carbocycles. The van der Waals surface area contributed by atoms with Crippen molar-refractivity contribution >= 4 is 23.1 Å². The fourth-order valence-corrected chi connectivity index (χ4v) is 2.96. The standard InChI is InChI=1S/C15H15ClN6/c16-12-3-1-2-11(8-12)13-9-18-14(15-20-19-10-22(13)15)21-6-4-17-5-7-21/h1-3,8-10,17H,4-7H2. The van der Waals surface area contributed by atoms with Gasteiger partial charge >= 0.3 is 0 Å². The average molecular weight is 315 g/mol. The van der Waals surface area contributed by atoms with E-state index in [0.717, 1.165) is 48.9 Å². The highest BCUT2D eigenvalue weighted by atomic mass is 35.5. The molecule has 22 heavy (non-hydrogen) atoms. The van der Waals surface area contributed by atoms with E-state index in [1.165, 1.54) is 0 Å². The summed E-state index contributed by atoms with van der Waals surface area (Å²) >= 11 is 6.10. The first-order valence-corrected chi connectivity index (χ1v) is 7.61. The number of nitrogens with zero attached hydrogens (tertiary/aromatic N) is 5. The highest BCUT2D eigenvalue weighted by Crippen LogP contribution is 2.26. The summed E-state index contributed by atoms with van der Waals surface area (Å²) in [6, 6.07) is 7.71. The summed E-state index contributed by atoms with van der Waals surface area (Å²) < 4.78 is 1.97. The van der Waals surface area contributed by atoms with Crippen molar-refractivity contribution in [2.45, 2.75) is 0 Å². The topological polar surface area (TPSA) is 58.4 Å². The number of nitrogens with one attached hydrogen (secondary N) is 1. The van der Waals surface area contributed by atoms with Crippen molar-refractivity contribution in [3.8, 4) is 11.3 Å². The van der Waals surface area contributed by atoms with Gasteiger partial charge in [0.2, 0.25) is 5.65 Å². The normalized spacial score (nSPS) is 15.4. The Labute approximate surface area is 132 Å². The van der Waals surface area contributed by atoms with Gasteiger partial charge < -0.3 is 10.2 Å². The van der Waals surface area contributed by atoms with E-state index in [-0.39, 0.29) is 0 Å². The summed E-state index contributed by atoms with van der Waals surface area (Å²) in [5.41, 5.74) is 2.71. The van der Waals surface area contributed by atoms with Gasteiger partial charge in [-0.05, 0) is 12.1 Å². The molecule has 1 N–H and O–H groups in total. The summed E-state index contributed by atoms with van der Waals surface area (Å²) in [6.07, 6.45) is 3.58. The van der Waals surface area contributed by atoms with Crippen LogP contribution in [0, 0.1) is 0 Å². The van der Waals surface area contributed by atoms with Crippen molar-refractivity contribution < 1.29 is 0 Å². The number of benzene rings is 1. The molecule has 7 heteroatoms. The first kappa shape index (κ1) is 13.5. The van der Waals surface area contributed by atoms with Gasteiger partial charge in [0.1, 0.15) is 6.33 Å². The number of piperazine rings is 1. The number of rotatable bonds is 2. The number of hydrogen-bond donors (Lipinski definition) is 1. The van der Waals surface area contributed by atoms with Crippen LogP contribution < -0.4 is 10.2 Å². The average Bonchev–Trinajstić information content (AvgIpc) is 3.04. The summed E-state index contributed by atoms with van der Waals surface area (Å²) in [5.74, 6) is 0.879. The predicted molar refractivity (Wildman–Crippen MR) is 86.3 cm³/mol. The Morgan fingerprint density at radius 1 is 1.18 bits per heavy atom. The van der Waals surface area contributed by atoms with Crippen LogP contribution in [-0.4, -0.2) is 45.8 Å². The molecule has 4 rings (SSSR count). The van der Waals surface area contributed by atoms with Crippen LogP contribution in [0.4, 0.5) is 5.82 Å². The molecule has 1 saturated heterocycles. The second-order valence-electron chi connectivity index (χ2n) is 5.24. The van der Waals surface area contributed by atoms with Crippen molar-refractivity contribution in [2.75, 3.05) is 31.1 Å². The molecule has 1 aliphatic heterocycles. The second-order valence-corrected chi connectivity index (χ2v) is 5.68. The molecule has 0 radical (unpaired) electrons. The smallest absolute Gasteiger partial charge is 0.204 e. The van der Waals surface area contributed by atoms with Gasteiger partial charge in [-0.2, -0.15) is 0 Å². The fourth-order valence-electron chi connectivity index (χ4n) is 2.77. The van der Waals surface area contributed by atoms with Crippen molar-refractivity contribution in [1.82, 2.24) is 24.9 Å². The Bertz CT molecular complexity index is 809. The van der Waals surface area contributed by atoms with Gasteiger partial charge in [0.15, 0.2) is 5.82 Å². The third kappa shape index (κ3) is 2.30. The van der Waals surface area contributed by atoms with Crippen LogP contribution in [0.1, 0.15) is 0 Å². The van der Waals surface area contributed by atoms with Crippen molar-refractivity contribution in [1.29, 1.82) is 0 Å². The molecule has 0 bridgehead atoms. The molecular weight excluding hydrogens is 300 g/mol. The van der Waals surface area contributed by atoms with Crippen LogP contribution >= 0.6 is 11.6 Å². The monoisotopic (exact) mass is 314 g/mol. The van der Waals surface area contributed by atoms with Crippen LogP contribution in [0.5, 0.6) is 0 Å². The van der Waals surface area contributed by atoms with Crippen LogP contribution in [0.3, 0.4) is 0 Å². The highest BCUT2D eigenvalue weighted by Gasteiger charge is 2.18. The predicted octanol–water partition coefficient (Wildman–Crippen LogP) is 1.85. The van der Waals surface area contributed by atoms with Gasteiger partial charge in [0.25, 0.3) is 0 Å². The zero-order valence-corrected chi connectivity index (χ0v) is 12.7. The molecule has 112 valence electrons. The molecule has 1 aromatic carbocycles. The molecule has 0 spiro atoms. The Balaban J connectivity index is 1.84. The van der Waals surface area contributed by atoms with Crippen LogP contribution in [0.15, 0.2) is 36.8 Å². The van der Waals surface area contributed by atoms with E-state index in [0.29, 0.717) is 5.02 Å². The largest absolute Gasteiger partial charge is 0.351 e. The van der Waals surface area contributed by atoms with Crippen LogP contribution in [-0.2, 0) is 0 Å². The van der Waals surface area contributed by atoms with Crippen molar-refractivity contribution in [2.24, 2.45) is 0 Å². The van der Waals surface area contributed by atoms with E-state index in [2.05, 4.69) is 25.4 Å². The molecule has 3 aromatic rings. The zero-order valence-electron chi connectivity index (χ0n) is 11.9. The summed E-state index contributed by atoms with van der Waals surface area (Å²) in [6.45, 7) is 3.76. The van der Waals surface area contributed by atoms with Gasteiger partial charge in [-0.15, -0.1) is 10.2 Å². The number of halogens is 1. The highest BCUT2D eigenvalue weighted by molar-refractivity contribution is 6.30. The SMILES string of the molecule is Clc1cccc(-c2cnc(N3CCNCC3)c3nncn23)c1. The summed E-state index contributed by atoms with van der Waals surface area (Å²) in [5, 5.41) is 12.4. The molecule has 2 aromatic heterocycles. The van der Waals surface area contributed by atoms with E-state index >= 15 is 0 Å². The minimum absolute atomic E-state index is 0.699. The van der Waals surface area contributed by atoms with Gasteiger partial charge in [-0.1, -0.05) is 23.7 Å². The lowest BCUT2D eigenvalue weighted by Gasteiger charge is -2.28. The first-order chi connectivity index (χ1) is 10.8. The first-order valence-electron chi connectivity index (χ1n) is 7.23. The number of anilines is 1. The molecule has 6 nitrogen and oxygen atoms in total. The van der Waals surface area contributed by atoms with Gasteiger partial charge in [0.05, 0.1) is 11.9 Å². The van der Waals surface area contributed by atoms with E-state index in [4.69, 9.17) is 11.6 Å². The van der Waals surface area contributed by atoms with E-state index in [1.54, 1.807) is 6.33 Å². The third-order valence-electron chi connectivity index (χ3n) is 3.85. The molecule has 0 atom stereocenters. The molecule has 3 heterocycles. The van der Waals surface area contributed by atoms with E-state index < -0.39 is 0 Å². The Kier molecular flexibility index (Phi) is 3.40. The lowest BCUT2D eigenvalue weighted by Crippen LogP contribution is -2.44. The molecule has 1 fully saturated rings. The number of fused-ring (bicyclic) bond motifs is 1. The second kappa shape index (κ2) is 5.55. The number of aromatic nitrogens is 4. The molecule has 1 aliphatic rings. The van der Waals surface area contributed by atoms with Gasteiger partial charge in [0, 0.05) is 36.8 Å². The zero-order chi connectivity index (χ0) is 14.9. The Hall–Kier alpha value is -2.18. The molecular formula is C15H15ClN6. The summed E-state index contributed by atoms with van der Waals surface area (Å²) in [7, 11) is 0. The van der Waals surface area contributed by atoms with Crippen molar-refractivity contribution in [3.63, 3.8) is 0 Å². The minimum atomic E-state index is 0.699. The Morgan fingerprint density at radius 2 is 2.05 bits per heavy atom. The third-order valence-corrected chi connectivity index (χ3v) is 4.09. The molecule has 0 aliphatic carbocycles. The van der Waals surface area contributed by atoms with Crippen LogP contribution in [0.2, 0.25) is 5.02 Å². The fraction of sp³-hybridized carbons (Fsp3) is 0.267. The lowest BCUT2D eigenvalue weighted by molar-refractivity contribution is 0.585. The maximum absolute atomic E-state index is 6.10. The van der Waals surface area contributed by atoms with Gasteiger partial charge in [-0.3, -0.25) is 4.40 Å². The van der Waals surface area contributed by atoms with E-state index in [9.17, 15) is 0 Å². The maximum atomic E-state index is 6.10. The lowest BCUT2D eigenvalue weighted by atomic mass is 10.1. The van der Waals surface area contributed by atoms with Gasteiger partial charge in [-0.25, -0.2) is 4.98 Å². The minimum Gasteiger partial charge on any atom is -0.351 e. The Morgan fingerprint density at radius 3 is 2.86 bits per heavy atom.